The Morgan fingerprint density at radius 1 is 1.45 bits per heavy atom. The van der Waals surface area contributed by atoms with Crippen molar-refractivity contribution in [3.8, 4) is 0 Å². The molecule has 6 nitrogen and oxygen atoms in total. The standard InChI is InChI=1S/C16H27N5O/c1-15(2)11-5-7-16(15,3)12(9-11)20-14(22)17-8-6-13-18-10-19-21(13)4/h10-12H,5-9H2,1-4H3,(H2,17,20,22)/t11-,12+,16-/m1/s1. The van der Waals surface area contributed by atoms with Crippen molar-refractivity contribution in [1.82, 2.24) is 25.4 Å². The minimum Gasteiger partial charge on any atom is -0.338 e. The monoisotopic (exact) mass is 305 g/mol. The SMILES string of the molecule is Cn1ncnc1CCNC(=O)N[C@H]1C[C@H]2CC[C@@]1(C)C2(C)C. The maximum Gasteiger partial charge on any atom is 0.315 e. The van der Waals surface area contributed by atoms with Gasteiger partial charge in [-0.25, -0.2) is 9.78 Å². The highest BCUT2D eigenvalue weighted by Crippen LogP contribution is 2.65. The third-order valence-electron chi connectivity index (χ3n) is 6.54. The van der Waals surface area contributed by atoms with E-state index >= 15 is 0 Å². The van der Waals surface area contributed by atoms with E-state index in [4.69, 9.17) is 0 Å². The van der Waals surface area contributed by atoms with E-state index in [1.807, 2.05) is 7.05 Å². The van der Waals surface area contributed by atoms with Gasteiger partial charge in [0, 0.05) is 26.1 Å². The van der Waals surface area contributed by atoms with Crippen molar-refractivity contribution in [2.75, 3.05) is 6.54 Å². The number of carbonyl (C=O) groups excluding carboxylic acids is 1. The molecule has 0 unspecified atom stereocenters. The molecule has 2 bridgehead atoms. The smallest absolute Gasteiger partial charge is 0.315 e. The Balaban J connectivity index is 1.50. The van der Waals surface area contributed by atoms with E-state index in [9.17, 15) is 4.79 Å². The molecule has 1 aromatic heterocycles. The van der Waals surface area contributed by atoms with Crippen molar-refractivity contribution in [3.05, 3.63) is 12.2 Å². The third-order valence-corrected chi connectivity index (χ3v) is 6.54. The van der Waals surface area contributed by atoms with Crippen LogP contribution in [0.3, 0.4) is 0 Å². The van der Waals surface area contributed by atoms with Gasteiger partial charge in [-0.1, -0.05) is 20.8 Å². The molecule has 1 heterocycles. The van der Waals surface area contributed by atoms with Crippen LogP contribution >= 0.6 is 0 Å². The Morgan fingerprint density at radius 3 is 2.77 bits per heavy atom. The fourth-order valence-electron chi connectivity index (χ4n) is 4.47. The van der Waals surface area contributed by atoms with Gasteiger partial charge in [0.1, 0.15) is 12.2 Å². The van der Waals surface area contributed by atoms with E-state index in [0.717, 1.165) is 18.2 Å². The van der Waals surface area contributed by atoms with Crippen LogP contribution < -0.4 is 10.6 Å². The van der Waals surface area contributed by atoms with Crippen molar-refractivity contribution >= 4 is 6.03 Å². The number of carbonyl (C=O) groups is 1. The summed E-state index contributed by atoms with van der Waals surface area (Å²) in [5.41, 5.74) is 0.544. The van der Waals surface area contributed by atoms with Gasteiger partial charge in [-0.2, -0.15) is 5.10 Å². The molecule has 6 heteroatoms. The van der Waals surface area contributed by atoms with Gasteiger partial charge in [0.05, 0.1) is 0 Å². The Hall–Kier alpha value is -1.59. The highest BCUT2D eigenvalue weighted by Gasteiger charge is 2.61. The quantitative estimate of drug-likeness (QED) is 0.892. The summed E-state index contributed by atoms with van der Waals surface area (Å²) < 4.78 is 1.74. The van der Waals surface area contributed by atoms with E-state index in [1.54, 1.807) is 4.68 Å². The molecule has 22 heavy (non-hydrogen) atoms. The molecule has 2 amide bonds. The molecule has 0 saturated heterocycles. The average molecular weight is 305 g/mol. The first kappa shape index (κ1) is 15.3. The molecule has 1 aromatic rings. The van der Waals surface area contributed by atoms with Crippen LogP contribution in [0.25, 0.3) is 0 Å². The van der Waals surface area contributed by atoms with Crippen LogP contribution in [0.1, 0.15) is 45.9 Å². The van der Waals surface area contributed by atoms with Crippen LogP contribution in [0.4, 0.5) is 4.79 Å². The molecule has 3 atom stereocenters. The Kier molecular flexibility index (Phi) is 3.65. The fraction of sp³-hybridized carbons (Fsp3) is 0.812. The van der Waals surface area contributed by atoms with Gasteiger partial charge >= 0.3 is 6.03 Å². The first-order valence-corrected chi connectivity index (χ1v) is 8.22. The molecule has 0 aromatic carbocycles. The molecule has 2 aliphatic rings. The summed E-state index contributed by atoms with van der Waals surface area (Å²) >= 11 is 0. The highest BCUT2D eigenvalue weighted by atomic mass is 16.2. The second-order valence-electron chi connectivity index (χ2n) is 7.61. The van der Waals surface area contributed by atoms with E-state index < -0.39 is 0 Å². The molecular weight excluding hydrogens is 278 g/mol. The molecule has 0 radical (unpaired) electrons. The summed E-state index contributed by atoms with van der Waals surface area (Å²) in [6.45, 7) is 7.63. The van der Waals surface area contributed by atoms with Crippen LogP contribution in [-0.2, 0) is 13.5 Å². The van der Waals surface area contributed by atoms with Gasteiger partial charge in [-0.05, 0) is 36.0 Å². The summed E-state index contributed by atoms with van der Waals surface area (Å²) in [7, 11) is 1.86. The molecule has 2 aliphatic carbocycles. The van der Waals surface area contributed by atoms with E-state index in [-0.39, 0.29) is 17.5 Å². The summed E-state index contributed by atoms with van der Waals surface area (Å²) in [6.07, 6.45) is 5.86. The lowest BCUT2D eigenvalue weighted by atomic mass is 9.69. The molecule has 122 valence electrons. The zero-order valence-corrected chi connectivity index (χ0v) is 14.0. The van der Waals surface area contributed by atoms with Crippen molar-refractivity contribution in [3.63, 3.8) is 0 Å². The van der Waals surface area contributed by atoms with Gasteiger partial charge in [-0.15, -0.1) is 0 Å². The Labute approximate surface area is 132 Å². The minimum absolute atomic E-state index is 0.0586. The van der Waals surface area contributed by atoms with E-state index in [0.29, 0.717) is 18.4 Å². The fourth-order valence-corrected chi connectivity index (χ4v) is 4.47. The predicted molar refractivity (Wildman–Crippen MR) is 84.3 cm³/mol. The zero-order chi connectivity index (χ0) is 16.0. The molecular formula is C16H27N5O. The van der Waals surface area contributed by atoms with Gasteiger partial charge in [0.2, 0.25) is 0 Å². The van der Waals surface area contributed by atoms with Crippen LogP contribution in [-0.4, -0.2) is 33.4 Å². The van der Waals surface area contributed by atoms with E-state index in [1.165, 1.54) is 19.2 Å². The van der Waals surface area contributed by atoms with Gasteiger partial charge < -0.3 is 10.6 Å². The third kappa shape index (κ3) is 2.29. The number of fused-ring (bicyclic) bond motifs is 2. The van der Waals surface area contributed by atoms with Gasteiger partial charge in [0.25, 0.3) is 0 Å². The molecule has 3 rings (SSSR count). The van der Waals surface area contributed by atoms with Crippen molar-refractivity contribution in [2.24, 2.45) is 23.8 Å². The predicted octanol–water partition coefficient (Wildman–Crippen LogP) is 1.87. The molecule has 0 spiro atoms. The zero-order valence-electron chi connectivity index (χ0n) is 14.0. The summed E-state index contributed by atoms with van der Waals surface area (Å²) in [4.78, 5) is 16.3. The number of hydrogen-bond acceptors (Lipinski definition) is 3. The molecule has 2 N–H and O–H groups in total. The number of amides is 2. The minimum atomic E-state index is -0.0586. The number of hydrogen-bond donors (Lipinski definition) is 2. The number of rotatable bonds is 4. The molecule has 2 fully saturated rings. The van der Waals surface area contributed by atoms with Crippen LogP contribution in [0.5, 0.6) is 0 Å². The lowest BCUT2D eigenvalue weighted by Crippen LogP contribution is -2.50. The lowest BCUT2D eigenvalue weighted by Gasteiger charge is -2.39. The second kappa shape index (κ2) is 5.25. The Bertz CT molecular complexity index is 567. The number of aryl methyl sites for hydroxylation is 1. The van der Waals surface area contributed by atoms with Crippen molar-refractivity contribution < 1.29 is 4.79 Å². The van der Waals surface area contributed by atoms with Crippen molar-refractivity contribution in [1.29, 1.82) is 0 Å². The largest absolute Gasteiger partial charge is 0.338 e. The maximum atomic E-state index is 12.2. The van der Waals surface area contributed by atoms with Crippen molar-refractivity contribution in [2.45, 2.75) is 52.5 Å². The highest BCUT2D eigenvalue weighted by molar-refractivity contribution is 5.74. The Morgan fingerprint density at radius 2 is 2.23 bits per heavy atom. The first-order chi connectivity index (χ1) is 10.3. The normalized spacial score (nSPS) is 32.2. The second-order valence-corrected chi connectivity index (χ2v) is 7.61. The number of urea groups is 1. The molecule has 2 saturated carbocycles. The molecule has 0 aliphatic heterocycles. The van der Waals surface area contributed by atoms with Crippen LogP contribution in [0.15, 0.2) is 6.33 Å². The van der Waals surface area contributed by atoms with E-state index in [2.05, 4.69) is 41.5 Å². The number of aromatic nitrogens is 3. The number of nitrogens with zero attached hydrogens (tertiary/aromatic N) is 3. The number of nitrogens with one attached hydrogen (secondary N) is 2. The van der Waals surface area contributed by atoms with Crippen LogP contribution in [0.2, 0.25) is 0 Å². The topological polar surface area (TPSA) is 71.8 Å². The first-order valence-electron chi connectivity index (χ1n) is 8.22. The maximum absolute atomic E-state index is 12.2. The van der Waals surface area contributed by atoms with Crippen LogP contribution in [0, 0.1) is 16.7 Å². The summed E-state index contributed by atoms with van der Waals surface area (Å²) in [5.74, 6) is 1.62. The van der Waals surface area contributed by atoms with Gasteiger partial charge in [0.15, 0.2) is 0 Å². The lowest BCUT2D eigenvalue weighted by molar-refractivity contribution is 0.123. The van der Waals surface area contributed by atoms with Gasteiger partial charge in [-0.3, -0.25) is 4.68 Å². The summed E-state index contributed by atoms with van der Waals surface area (Å²) in [5, 5.41) is 10.2. The average Bonchev–Trinajstić information content (AvgIpc) is 3.00. The summed E-state index contributed by atoms with van der Waals surface area (Å²) in [6, 6.07) is 0.229.